The van der Waals surface area contributed by atoms with Gasteiger partial charge in [0.05, 0.1) is 0 Å². The molecule has 2 rings (SSSR count). The molecule has 2 aromatic rings. The maximum Gasteiger partial charge on any atom is 0.251 e. The van der Waals surface area contributed by atoms with Crippen molar-refractivity contribution in [3.63, 3.8) is 0 Å². The Hall–Kier alpha value is -2.29. The van der Waals surface area contributed by atoms with Crippen LogP contribution >= 0.6 is 0 Å². The number of hydrogen-bond donors (Lipinski definition) is 2. The van der Waals surface area contributed by atoms with Crippen LogP contribution in [0.3, 0.4) is 0 Å². The topological polar surface area (TPSA) is 41.1 Å². The van der Waals surface area contributed by atoms with Crippen LogP contribution in [0.5, 0.6) is 0 Å². The molecule has 0 spiro atoms. The quantitative estimate of drug-likeness (QED) is 0.861. The maximum atomic E-state index is 12.0. The Morgan fingerprint density at radius 2 is 1.68 bits per heavy atom. The van der Waals surface area contributed by atoms with Gasteiger partial charge in [-0.2, -0.15) is 0 Å². The van der Waals surface area contributed by atoms with Crippen LogP contribution in [0.15, 0.2) is 54.6 Å². The molecule has 0 saturated heterocycles. The van der Waals surface area contributed by atoms with Crippen molar-refractivity contribution < 1.29 is 4.79 Å². The molecule has 0 aromatic heterocycles. The zero-order chi connectivity index (χ0) is 13.5. The molecule has 0 bridgehead atoms. The predicted octanol–water partition coefficient (Wildman–Crippen LogP) is 3.05. The molecule has 2 aromatic carbocycles. The summed E-state index contributed by atoms with van der Waals surface area (Å²) in [7, 11) is 0. The van der Waals surface area contributed by atoms with E-state index in [1.54, 1.807) is 0 Å². The Kier molecular flexibility index (Phi) is 4.56. The molecule has 19 heavy (non-hydrogen) atoms. The van der Waals surface area contributed by atoms with Crippen molar-refractivity contribution in [3.8, 4) is 0 Å². The largest absolute Gasteiger partial charge is 0.385 e. The summed E-state index contributed by atoms with van der Waals surface area (Å²) in [4.78, 5) is 12.0. The lowest BCUT2D eigenvalue weighted by atomic mass is 10.2. The Morgan fingerprint density at radius 3 is 2.32 bits per heavy atom. The number of carbonyl (C=O) groups is 1. The van der Waals surface area contributed by atoms with Crippen LogP contribution in [-0.4, -0.2) is 12.5 Å². The molecule has 0 fully saturated rings. The molecule has 0 aliphatic carbocycles. The lowest BCUT2D eigenvalue weighted by molar-refractivity contribution is 0.0951. The summed E-state index contributed by atoms with van der Waals surface area (Å²) in [6.07, 6.45) is 0. The van der Waals surface area contributed by atoms with Crippen LogP contribution in [0.1, 0.15) is 22.8 Å². The van der Waals surface area contributed by atoms with Gasteiger partial charge in [-0.05, 0) is 36.8 Å². The number of amides is 1. The third kappa shape index (κ3) is 3.85. The first-order valence-electron chi connectivity index (χ1n) is 6.45. The molecular formula is C16H18N2O. The van der Waals surface area contributed by atoms with Gasteiger partial charge in [-0.15, -0.1) is 0 Å². The van der Waals surface area contributed by atoms with E-state index in [1.165, 1.54) is 0 Å². The van der Waals surface area contributed by atoms with Crippen LogP contribution in [0, 0.1) is 0 Å². The highest BCUT2D eigenvalue weighted by molar-refractivity contribution is 5.94. The van der Waals surface area contributed by atoms with Crippen LogP contribution in [-0.2, 0) is 6.54 Å². The standard InChI is InChI=1S/C16H18N2O/c1-2-17-15-10-8-14(9-11-15)16(19)18-12-13-6-4-3-5-7-13/h3-11,17H,2,12H2,1H3,(H,18,19). The van der Waals surface area contributed by atoms with Gasteiger partial charge in [0.2, 0.25) is 0 Å². The van der Waals surface area contributed by atoms with Crippen LogP contribution < -0.4 is 10.6 Å². The molecule has 0 unspecified atom stereocenters. The van der Waals surface area contributed by atoms with Gasteiger partial charge in [-0.1, -0.05) is 30.3 Å². The summed E-state index contributed by atoms with van der Waals surface area (Å²) in [5, 5.41) is 6.11. The monoisotopic (exact) mass is 254 g/mol. The highest BCUT2D eigenvalue weighted by Crippen LogP contribution is 2.09. The van der Waals surface area contributed by atoms with Crippen molar-refractivity contribution in [3.05, 3.63) is 65.7 Å². The fourth-order valence-electron chi connectivity index (χ4n) is 1.82. The van der Waals surface area contributed by atoms with Gasteiger partial charge >= 0.3 is 0 Å². The van der Waals surface area contributed by atoms with Crippen molar-refractivity contribution in [1.29, 1.82) is 0 Å². The van der Waals surface area contributed by atoms with Gasteiger partial charge in [0.25, 0.3) is 5.91 Å². The molecule has 0 atom stereocenters. The molecule has 3 nitrogen and oxygen atoms in total. The highest BCUT2D eigenvalue weighted by Gasteiger charge is 2.04. The summed E-state index contributed by atoms with van der Waals surface area (Å²) in [5.41, 5.74) is 2.81. The molecule has 0 aliphatic rings. The van der Waals surface area contributed by atoms with Crippen molar-refractivity contribution in [2.75, 3.05) is 11.9 Å². The van der Waals surface area contributed by atoms with E-state index in [2.05, 4.69) is 10.6 Å². The Balaban J connectivity index is 1.92. The number of nitrogens with one attached hydrogen (secondary N) is 2. The first-order valence-corrected chi connectivity index (χ1v) is 6.45. The fourth-order valence-corrected chi connectivity index (χ4v) is 1.82. The van der Waals surface area contributed by atoms with E-state index in [0.29, 0.717) is 12.1 Å². The highest BCUT2D eigenvalue weighted by atomic mass is 16.1. The fraction of sp³-hybridized carbons (Fsp3) is 0.188. The lowest BCUT2D eigenvalue weighted by Crippen LogP contribution is -2.22. The Morgan fingerprint density at radius 1 is 1.00 bits per heavy atom. The first-order chi connectivity index (χ1) is 9.29. The molecule has 0 saturated carbocycles. The summed E-state index contributed by atoms with van der Waals surface area (Å²) >= 11 is 0. The summed E-state index contributed by atoms with van der Waals surface area (Å²) in [6.45, 7) is 3.47. The van der Waals surface area contributed by atoms with Gasteiger partial charge < -0.3 is 10.6 Å². The summed E-state index contributed by atoms with van der Waals surface area (Å²) < 4.78 is 0. The molecule has 0 radical (unpaired) electrons. The number of anilines is 1. The molecule has 0 aliphatic heterocycles. The van der Waals surface area contributed by atoms with Crippen LogP contribution in [0.2, 0.25) is 0 Å². The van der Waals surface area contributed by atoms with Crippen molar-refractivity contribution in [2.24, 2.45) is 0 Å². The average Bonchev–Trinajstić information content (AvgIpc) is 2.47. The zero-order valence-corrected chi connectivity index (χ0v) is 11.0. The van der Waals surface area contributed by atoms with E-state index in [0.717, 1.165) is 17.8 Å². The van der Waals surface area contributed by atoms with Crippen molar-refractivity contribution in [1.82, 2.24) is 5.32 Å². The third-order valence-corrected chi connectivity index (χ3v) is 2.82. The van der Waals surface area contributed by atoms with Gasteiger partial charge in [0.1, 0.15) is 0 Å². The smallest absolute Gasteiger partial charge is 0.251 e. The number of benzene rings is 2. The Labute approximate surface area is 113 Å². The average molecular weight is 254 g/mol. The normalized spacial score (nSPS) is 9.95. The summed E-state index contributed by atoms with van der Waals surface area (Å²) in [6, 6.07) is 17.4. The van der Waals surface area contributed by atoms with Crippen molar-refractivity contribution >= 4 is 11.6 Å². The van der Waals surface area contributed by atoms with E-state index in [9.17, 15) is 4.79 Å². The number of rotatable bonds is 5. The van der Waals surface area contributed by atoms with Crippen LogP contribution in [0.25, 0.3) is 0 Å². The van der Waals surface area contributed by atoms with E-state index in [1.807, 2.05) is 61.5 Å². The predicted molar refractivity (Wildman–Crippen MR) is 78.2 cm³/mol. The minimum absolute atomic E-state index is 0.0492. The molecule has 1 amide bonds. The van der Waals surface area contributed by atoms with E-state index in [4.69, 9.17) is 0 Å². The minimum Gasteiger partial charge on any atom is -0.385 e. The maximum absolute atomic E-state index is 12.0. The van der Waals surface area contributed by atoms with Crippen LogP contribution in [0.4, 0.5) is 5.69 Å². The third-order valence-electron chi connectivity index (χ3n) is 2.82. The minimum atomic E-state index is -0.0492. The van der Waals surface area contributed by atoms with E-state index >= 15 is 0 Å². The van der Waals surface area contributed by atoms with E-state index in [-0.39, 0.29) is 5.91 Å². The zero-order valence-electron chi connectivity index (χ0n) is 11.0. The SMILES string of the molecule is CCNc1ccc(C(=O)NCc2ccccc2)cc1. The molecule has 0 heterocycles. The van der Waals surface area contributed by atoms with Gasteiger partial charge in [-0.25, -0.2) is 0 Å². The molecule has 98 valence electrons. The summed E-state index contributed by atoms with van der Waals surface area (Å²) in [5.74, 6) is -0.0492. The second-order valence-corrected chi connectivity index (χ2v) is 4.28. The lowest BCUT2D eigenvalue weighted by Gasteiger charge is -2.07. The molecule has 2 N–H and O–H groups in total. The second-order valence-electron chi connectivity index (χ2n) is 4.28. The Bertz CT molecular complexity index is 520. The van der Waals surface area contributed by atoms with E-state index < -0.39 is 0 Å². The number of carbonyl (C=O) groups excluding carboxylic acids is 1. The molecular weight excluding hydrogens is 236 g/mol. The van der Waals surface area contributed by atoms with Gasteiger partial charge in [0, 0.05) is 24.3 Å². The first kappa shape index (κ1) is 13.1. The van der Waals surface area contributed by atoms with Gasteiger partial charge in [-0.3, -0.25) is 4.79 Å². The number of hydrogen-bond acceptors (Lipinski definition) is 2. The molecule has 3 heteroatoms. The second kappa shape index (κ2) is 6.59. The van der Waals surface area contributed by atoms with Gasteiger partial charge in [0.15, 0.2) is 0 Å². The van der Waals surface area contributed by atoms with Crippen molar-refractivity contribution in [2.45, 2.75) is 13.5 Å².